The molecule has 2 N–H and O–H groups in total. The van der Waals surface area contributed by atoms with Crippen molar-refractivity contribution in [3.05, 3.63) is 30.6 Å². The van der Waals surface area contributed by atoms with Crippen LogP contribution in [-0.4, -0.2) is 44.6 Å². The van der Waals surface area contributed by atoms with E-state index in [0.29, 0.717) is 12.2 Å². The van der Waals surface area contributed by atoms with Gasteiger partial charge in [0, 0.05) is 0 Å². The molecule has 0 saturated carbocycles. The number of benzene rings is 1. The van der Waals surface area contributed by atoms with Crippen LogP contribution in [0.1, 0.15) is 6.42 Å². The van der Waals surface area contributed by atoms with Crippen molar-refractivity contribution in [2.75, 3.05) is 12.0 Å². The maximum atomic E-state index is 12.0. The van der Waals surface area contributed by atoms with Crippen molar-refractivity contribution in [3.8, 4) is 0 Å². The summed E-state index contributed by atoms with van der Waals surface area (Å²) in [5, 5.41) is 11.7. The van der Waals surface area contributed by atoms with E-state index in [1.165, 1.54) is 0 Å². The molecule has 0 fully saturated rings. The quantitative estimate of drug-likeness (QED) is 0.807. The standard InChI is InChI=1S/C14H17N3O3S/c1-21-7-6-11(14(19)20)16-13(18)8-17-9-15-10-4-2-3-5-12(10)17/h2-5,9,11H,6-8H2,1H3,(H,16,18)(H,19,20). The zero-order valence-electron chi connectivity index (χ0n) is 11.7. The summed E-state index contributed by atoms with van der Waals surface area (Å²) >= 11 is 1.55. The molecule has 0 radical (unpaired) electrons. The van der Waals surface area contributed by atoms with Crippen LogP contribution in [0.3, 0.4) is 0 Å². The second-order valence-electron chi connectivity index (χ2n) is 4.60. The fourth-order valence-electron chi connectivity index (χ4n) is 2.02. The van der Waals surface area contributed by atoms with E-state index >= 15 is 0 Å². The molecule has 0 aliphatic heterocycles. The molecule has 1 unspecified atom stereocenters. The van der Waals surface area contributed by atoms with E-state index < -0.39 is 12.0 Å². The number of aliphatic carboxylic acids is 1. The summed E-state index contributed by atoms with van der Waals surface area (Å²) < 4.78 is 1.71. The molecule has 1 heterocycles. The molecule has 2 rings (SSSR count). The molecule has 21 heavy (non-hydrogen) atoms. The van der Waals surface area contributed by atoms with Gasteiger partial charge in [-0.05, 0) is 30.6 Å². The van der Waals surface area contributed by atoms with E-state index in [1.807, 2.05) is 30.5 Å². The van der Waals surface area contributed by atoms with Crippen molar-refractivity contribution < 1.29 is 14.7 Å². The highest BCUT2D eigenvalue weighted by Gasteiger charge is 2.19. The number of carboxylic acids is 1. The number of carbonyl (C=O) groups is 2. The Balaban J connectivity index is 2.02. The van der Waals surface area contributed by atoms with Crippen LogP contribution in [0.4, 0.5) is 0 Å². The highest BCUT2D eigenvalue weighted by Crippen LogP contribution is 2.11. The minimum Gasteiger partial charge on any atom is -0.480 e. The van der Waals surface area contributed by atoms with E-state index in [0.717, 1.165) is 11.0 Å². The third-order valence-corrected chi connectivity index (χ3v) is 3.73. The van der Waals surface area contributed by atoms with Gasteiger partial charge in [0.15, 0.2) is 0 Å². The Labute approximate surface area is 126 Å². The van der Waals surface area contributed by atoms with Gasteiger partial charge in [-0.1, -0.05) is 12.1 Å². The molecule has 1 atom stereocenters. The fourth-order valence-corrected chi connectivity index (χ4v) is 2.50. The van der Waals surface area contributed by atoms with Gasteiger partial charge in [0.05, 0.1) is 17.4 Å². The van der Waals surface area contributed by atoms with Crippen LogP contribution in [0.2, 0.25) is 0 Å². The molecular formula is C14H17N3O3S. The number of carbonyl (C=O) groups excluding carboxylic acids is 1. The predicted molar refractivity (Wildman–Crippen MR) is 82.3 cm³/mol. The molecule has 0 aliphatic carbocycles. The zero-order valence-corrected chi connectivity index (χ0v) is 12.5. The lowest BCUT2D eigenvalue weighted by atomic mass is 10.2. The van der Waals surface area contributed by atoms with Crippen LogP contribution in [0.5, 0.6) is 0 Å². The summed E-state index contributed by atoms with van der Waals surface area (Å²) in [7, 11) is 0. The molecule has 1 aromatic heterocycles. The SMILES string of the molecule is CSCCC(NC(=O)Cn1cnc2ccccc21)C(=O)O. The smallest absolute Gasteiger partial charge is 0.326 e. The van der Waals surface area contributed by atoms with Gasteiger partial charge in [-0.2, -0.15) is 11.8 Å². The van der Waals surface area contributed by atoms with E-state index in [1.54, 1.807) is 22.7 Å². The van der Waals surface area contributed by atoms with E-state index in [2.05, 4.69) is 10.3 Å². The Bertz CT molecular complexity index is 641. The number of nitrogens with zero attached hydrogens (tertiary/aromatic N) is 2. The van der Waals surface area contributed by atoms with Crippen LogP contribution in [-0.2, 0) is 16.1 Å². The van der Waals surface area contributed by atoms with Gasteiger partial charge in [0.2, 0.25) is 5.91 Å². The highest BCUT2D eigenvalue weighted by atomic mass is 32.2. The maximum Gasteiger partial charge on any atom is 0.326 e. The number of carboxylic acid groups (broad SMARTS) is 1. The van der Waals surface area contributed by atoms with Crippen molar-refractivity contribution in [1.29, 1.82) is 0 Å². The maximum absolute atomic E-state index is 12.0. The molecule has 1 aromatic carbocycles. The second kappa shape index (κ2) is 7.12. The predicted octanol–water partition coefficient (Wildman–Crippen LogP) is 1.36. The van der Waals surface area contributed by atoms with Crippen molar-refractivity contribution in [1.82, 2.24) is 14.9 Å². The number of amides is 1. The first kappa shape index (κ1) is 15.4. The lowest BCUT2D eigenvalue weighted by Crippen LogP contribution is -2.42. The number of para-hydroxylation sites is 2. The average molecular weight is 307 g/mol. The number of hydrogen-bond acceptors (Lipinski definition) is 4. The number of aromatic nitrogens is 2. The zero-order chi connectivity index (χ0) is 15.2. The van der Waals surface area contributed by atoms with Crippen LogP contribution in [0.25, 0.3) is 11.0 Å². The second-order valence-corrected chi connectivity index (χ2v) is 5.59. The fraction of sp³-hybridized carbons (Fsp3) is 0.357. The first-order valence-corrected chi connectivity index (χ1v) is 7.92. The van der Waals surface area contributed by atoms with E-state index in [4.69, 9.17) is 5.11 Å². The summed E-state index contributed by atoms with van der Waals surface area (Å²) in [5.74, 6) is -0.648. The van der Waals surface area contributed by atoms with Gasteiger partial charge in [0.1, 0.15) is 12.6 Å². The number of hydrogen-bond donors (Lipinski definition) is 2. The third kappa shape index (κ3) is 3.98. The van der Waals surface area contributed by atoms with Gasteiger partial charge in [-0.15, -0.1) is 0 Å². The lowest BCUT2D eigenvalue weighted by molar-refractivity contribution is -0.141. The van der Waals surface area contributed by atoms with Crippen molar-refractivity contribution in [3.63, 3.8) is 0 Å². The largest absolute Gasteiger partial charge is 0.480 e. The number of imidazole rings is 1. The Hall–Kier alpha value is -2.02. The highest BCUT2D eigenvalue weighted by molar-refractivity contribution is 7.98. The van der Waals surface area contributed by atoms with Crippen molar-refractivity contribution in [2.24, 2.45) is 0 Å². The molecule has 6 nitrogen and oxygen atoms in total. The summed E-state index contributed by atoms with van der Waals surface area (Å²) in [5.41, 5.74) is 1.66. The number of thioether (sulfide) groups is 1. The van der Waals surface area contributed by atoms with Crippen LogP contribution < -0.4 is 5.32 Å². The van der Waals surface area contributed by atoms with Gasteiger partial charge < -0.3 is 15.0 Å². The van der Waals surface area contributed by atoms with Gasteiger partial charge in [-0.3, -0.25) is 4.79 Å². The molecule has 1 amide bonds. The van der Waals surface area contributed by atoms with Crippen molar-refractivity contribution >= 4 is 34.7 Å². The Morgan fingerprint density at radius 2 is 2.19 bits per heavy atom. The summed E-state index contributed by atoms with van der Waals surface area (Å²) in [4.78, 5) is 27.3. The molecule has 112 valence electrons. The van der Waals surface area contributed by atoms with Gasteiger partial charge >= 0.3 is 5.97 Å². The number of fused-ring (bicyclic) bond motifs is 1. The topological polar surface area (TPSA) is 84.2 Å². The van der Waals surface area contributed by atoms with Gasteiger partial charge in [-0.25, -0.2) is 9.78 Å². The van der Waals surface area contributed by atoms with Crippen LogP contribution >= 0.6 is 11.8 Å². The minimum atomic E-state index is -1.01. The molecule has 2 aromatic rings. The van der Waals surface area contributed by atoms with E-state index in [9.17, 15) is 9.59 Å². The number of nitrogens with one attached hydrogen (secondary N) is 1. The van der Waals surface area contributed by atoms with Crippen LogP contribution in [0.15, 0.2) is 30.6 Å². The Morgan fingerprint density at radius 3 is 2.90 bits per heavy atom. The van der Waals surface area contributed by atoms with E-state index in [-0.39, 0.29) is 12.5 Å². The summed E-state index contributed by atoms with van der Waals surface area (Å²) in [6.07, 6.45) is 3.90. The van der Waals surface area contributed by atoms with Crippen LogP contribution in [0, 0.1) is 0 Å². The van der Waals surface area contributed by atoms with Crippen molar-refractivity contribution in [2.45, 2.75) is 19.0 Å². The normalized spacial score (nSPS) is 12.2. The van der Waals surface area contributed by atoms with Gasteiger partial charge in [0.25, 0.3) is 0 Å². The molecule has 0 spiro atoms. The summed E-state index contributed by atoms with van der Waals surface area (Å²) in [6.45, 7) is 0.0591. The molecule has 7 heteroatoms. The first-order valence-electron chi connectivity index (χ1n) is 6.53. The Kier molecular flexibility index (Phi) is 5.21. The molecule has 0 saturated heterocycles. The lowest BCUT2D eigenvalue weighted by Gasteiger charge is -2.14. The molecular weight excluding hydrogens is 290 g/mol. The molecule has 0 bridgehead atoms. The monoisotopic (exact) mass is 307 g/mol. The summed E-state index contributed by atoms with van der Waals surface area (Å²) in [6, 6.07) is 6.64. The Morgan fingerprint density at radius 1 is 1.43 bits per heavy atom. The third-order valence-electron chi connectivity index (χ3n) is 3.09. The number of rotatable bonds is 7. The minimum absolute atomic E-state index is 0.0591. The first-order chi connectivity index (χ1) is 10.1. The molecule has 0 aliphatic rings. The average Bonchev–Trinajstić information content (AvgIpc) is 2.86.